The van der Waals surface area contributed by atoms with E-state index in [2.05, 4.69) is 9.71 Å². The third-order valence-corrected chi connectivity index (χ3v) is 14.4. The molecule has 266 valence electrons. The van der Waals surface area contributed by atoms with E-state index < -0.39 is 44.2 Å². The van der Waals surface area contributed by atoms with Crippen molar-refractivity contribution in [2.24, 2.45) is 17.3 Å². The molecule has 0 spiro atoms. The van der Waals surface area contributed by atoms with E-state index in [1.54, 1.807) is 17.9 Å². The molecule has 2 aliphatic heterocycles. The van der Waals surface area contributed by atoms with E-state index in [0.29, 0.717) is 47.3 Å². The normalized spacial score (nSPS) is 29.0. The van der Waals surface area contributed by atoms with Gasteiger partial charge >= 0.3 is 0 Å². The minimum atomic E-state index is -3.90. The van der Waals surface area contributed by atoms with Crippen LogP contribution in [0, 0.1) is 17.3 Å². The van der Waals surface area contributed by atoms with Crippen molar-refractivity contribution < 1.29 is 27.5 Å². The topological polar surface area (TPSA) is 123 Å². The Labute approximate surface area is 306 Å². The number of ketones is 1. The number of Topliss-reactive ketones (excluding diaryl/α,β-unsaturated/α-hetero) is 1. The van der Waals surface area contributed by atoms with Crippen LogP contribution in [0.15, 0.2) is 54.6 Å². The minimum Gasteiger partial charge on any atom is -0.465 e. The van der Waals surface area contributed by atoms with Crippen molar-refractivity contribution in [2.45, 2.75) is 94.4 Å². The smallest absolute Gasteiger partial charge is 0.274 e. The molecule has 7 rings (SSSR count). The number of sulfonamides is 1. The van der Waals surface area contributed by atoms with E-state index >= 15 is 0 Å². The van der Waals surface area contributed by atoms with Gasteiger partial charge in [0.25, 0.3) is 5.19 Å². The number of amides is 2. The summed E-state index contributed by atoms with van der Waals surface area (Å²) < 4.78 is 35.0. The molecule has 9 nitrogen and oxygen atoms in total. The standard InChI is InChI=1S/C37H41Cl2N3O6S2/c1-36(13-14-36)50(46,47)41-34(45)37-20-25(37)10-6-4-2-3-5-9-24(15-23-16-26(38)18-27(39)17-23)33(44)42-22-28(19-30(42)31(43)21-37)48-35-40-29-11-7-8-12-32(29)49-35/h6-8,10-12,16-18,24-25,28,30H,2-5,9,13-15,19-22H2,1H3,(H,41,45)/b10-6-/t24-,25-,28-,30+,37-/m1/s1. The Hall–Kier alpha value is -2.99. The fourth-order valence-electron chi connectivity index (χ4n) is 7.48. The molecule has 3 aromatic rings. The first kappa shape index (κ1) is 35.4. The van der Waals surface area contributed by atoms with Crippen LogP contribution in [0.1, 0.15) is 76.7 Å². The fourth-order valence-corrected chi connectivity index (χ4v) is 10.3. The Morgan fingerprint density at radius 2 is 1.86 bits per heavy atom. The van der Waals surface area contributed by atoms with E-state index in [1.165, 1.54) is 11.3 Å². The summed E-state index contributed by atoms with van der Waals surface area (Å²) in [4.78, 5) is 49.1. The lowest BCUT2D eigenvalue weighted by molar-refractivity contribution is -0.142. The number of allylic oxidation sites excluding steroid dienone is 2. The van der Waals surface area contributed by atoms with Crippen LogP contribution in [0.3, 0.4) is 0 Å². The molecule has 1 saturated heterocycles. The van der Waals surface area contributed by atoms with E-state index in [1.807, 2.05) is 48.6 Å². The van der Waals surface area contributed by atoms with Gasteiger partial charge in [-0.25, -0.2) is 13.4 Å². The highest BCUT2D eigenvalue weighted by molar-refractivity contribution is 7.91. The number of hydrogen-bond donors (Lipinski definition) is 1. The van der Waals surface area contributed by atoms with Gasteiger partial charge in [-0.2, -0.15) is 0 Å². The van der Waals surface area contributed by atoms with Crippen molar-refractivity contribution in [1.29, 1.82) is 0 Å². The molecule has 13 heteroatoms. The zero-order valence-electron chi connectivity index (χ0n) is 27.9. The van der Waals surface area contributed by atoms with Gasteiger partial charge < -0.3 is 9.64 Å². The molecule has 0 bridgehead atoms. The average molecular weight is 759 g/mol. The van der Waals surface area contributed by atoms with E-state index in [0.717, 1.165) is 41.5 Å². The van der Waals surface area contributed by atoms with E-state index in [9.17, 15) is 22.8 Å². The predicted octanol–water partition coefficient (Wildman–Crippen LogP) is 7.29. The summed E-state index contributed by atoms with van der Waals surface area (Å²) >= 11 is 14.1. The molecule has 1 aromatic heterocycles. The van der Waals surface area contributed by atoms with Crippen molar-refractivity contribution in [1.82, 2.24) is 14.6 Å². The van der Waals surface area contributed by atoms with Gasteiger partial charge in [0.05, 0.1) is 33.0 Å². The van der Waals surface area contributed by atoms with Crippen molar-refractivity contribution in [3.8, 4) is 5.19 Å². The number of halogens is 2. The number of carbonyl (C=O) groups is 3. The van der Waals surface area contributed by atoms with Crippen LogP contribution in [0.2, 0.25) is 10.0 Å². The van der Waals surface area contributed by atoms with Gasteiger partial charge in [-0.1, -0.05) is 71.7 Å². The largest absolute Gasteiger partial charge is 0.465 e. The zero-order chi connectivity index (χ0) is 35.3. The van der Waals surface area contributed by atoms with Crippen molar-refractivity contribution >= 4 is 72.4 Å². The Bertz CT molecular complexity index is 1910. The summed E-state index contributed by atoms with van der Waals surface area (Å²) in [7, 11) is -3.90. The number of fused-ring (bicyclic) bond motifs is 3. The summed E-state index contributed by atoms with van der Waals surface area (Å²) in [6.45, 7) is 1.82. The lowest BCUT2D eigenvalue weighted by atomic mass is 9.90. The highest BCUT2D eigenvalue weighted by Crippen LogP contribution is 2.57. The Morgan fingerprint density at radius 3 is 2.60 bits per heavy atom. The number of para-hydroxylation sites is 1. The van der Waals surface area contributed by atoms with Gasteiger partial charge in [-0.15, -0.1) is 0 Å². The third kappa shape index (κ3) is 7.34. The Morgan fingerprint density at radius 1 is 1.10 bits per heavy atom. The summed E-state index contributed by atoms with van der Waals surface area (Å²) in [5.74, 6) is -1.75. The molecule has 1 N–H and O–H groups in total. The summed E-state index contributed by atoms with van der Waals surface area (Å²) in [5.41, 5.74) is 0.459. The maximum absolute atomic E-state index is 14.6. The van der Waals surface area contributed by atoms with Crippen LogP contribution in [0.4, 0.5) is 0 Å². The fraction of sp³-hybridized carbons (Fsp3) is 0.514. The summed E-state index contributed by atoms with van der Waals surface area (Å²) in [6, 6.07) is 12.2. The van der Waals surface area contributed by atoms with Gasteiger partial charge in [0.2, 0.25) is 21.8 Å². The molecule has 50 heavy (non-hydrogen) atoms. The lowest BCUT2D eigenvalue weighted by Gasteiger charge is -2.29. The van der Waals surface area contributed by atoms with Crippen LogP contribution >= 0.6 is 34.5 Å². The maximum Gasteiger partial charge on any atom is 0.274 e. The molecule has 2 aliphatic carbocycles. The van der Waals surface area contributed by atoms with Crippen molar-refractivity contribution in [2.75, 3.05) is 6.54 Å². The number of thiazole rings is 1. The Kier molecular flexibility index (Phi) is 9.82. The lowest BCUT2D eigenvalue weighted by Crippen LogP contribution is -2.47. The summed E-state index contributed by atoms with van der Waals surface area (Å²) in [6.07, 6.45) is 9.40. The molecule has 3 heterocycles. The monoisotopic (exact) mass is 757 g/mol. The quantitative estimate of drug-likeness (QED) is 0.251. The highest BCUT2D eigenvalue weighted by atomic mass is 35.5. The predicted molar refractivity (Wildman–Crippen MR) is 195 cm³/mol. The molecular weight excluding hydrogens is 717 g/mol. The van der Waals surface area contributed by atoms with E-state index in [-0.39, 0.29) is 37.0 Å². The molecule has 3 fully saturated rings. The van der Waals surface area contributed by atoms with Gasteiger partial charge in [-0.05, 0) is 93.7 Å². The number of aromatic nitrogens is 1. The van der Waals surface area contributed by atoms with Crippen LogP contribution in [-0.2, 0) is 30.8 Å². The second kappa shape index (κ2) is 13.9. The second-order valence-electron chi connectivity index (χ2n) is 14.7. The molecule has 4 aliphatic rings. The second-order valence-corrected chi connectivity index (χ2v) is 18.7. The number of hydrogen-bond acceptors (Lipinski definition) is 8. The van der Waals surface area contributed by atoms with Crippen molar-refractivity contribution in [3.63, 3.8) is 0 Å². The SMILES string of the molecule is CC1(S(=O)(=O)NC(=O)[C@]23CC(=O)[C@@H]4C[C@@H](Oc5nc6ccccc6s5)CN4C(=O)[C@@H](Cc4cc(Cl)cc(Cl)c4)CCCCC/C=C\[C@@H]2C3)CC1. The zero-order valence-corrected chi connectivity index (χ0v) is 31.1. The first-order valence-corrected chi connectivity index (χ1v) is 20.5. The molecular formula is C37H41Cl2N3O6S2. The molecule has 2 amide bonds. The average Bonchev–Trinajstić information content (AvgIpc) is 3.86. The molecule has 2 aromatic carbocycles. The minimum absolute atomic E-state index is 0.155. The third-order valence-electron chi connectivity index (χ3n) is 10.9. The maximum atomic E-state index is 14.6. The number of benzene rings is 2. The van der Waals surface area contributed by atoms with Crippen LogP contribution in [-0.4, -0.2) is 59.3 Å². The van der Waals surface area contributed by atoms with Gasteiger partial charge in [0.1, 0.15) is 6.10 Å². The first-order chi connectivity index (χ1) is 23.9. The van der Waals surface area contributed by atoms with Crippen molar-refractivity contribution in [3.05, 3.63) is 70.2 Å². The summed E-state index contributed by atoms with van der Waals surface area (Å²) in [5, 5.41) is 1.44. The van der Waals surface area contributed by atoms with Crippen LogP contribution in [0.25, 0.3) is 10.2 Å². The molecule has 0 unspecified atom stereocenters. The number of carbonyl (C=O) groups excluding carboxylic acids is 3. The molecule has 2 saturated carbocycles. The molecule has 0 radical (unpaired) electrons. The van der Waals surface area contributed by atoms with Crippen LogP contribution in [0.5, 0.6) is 5.19 Å². The highest BCUT2D eigenvalue weighted by Gasteiger charge is 2.62. The number of ether oxygens (including phenoxy) is 1. The van der Waals surface area contributed by atoms with Crippen LogP contribution < -0.4 is 9.46 Å². The Balaban J connectivity index is 1.19. The van der Waals surface area contributed by atoms with Gasteiger partial charge in [0, 0.05) is 28.8 Å². The number of nitrogens with one attached hydrogen (secondary N) is 1. The van der Waals surface area contributed by atoms with Gasteiger partial charge in [0.15, 0.2) is 5.78 Å². The molecule has 5 atom stereocenters. The number of rotatable bonds is 7. The van der Waals surface area contributed by atoms with Gasteiger partial charge in [-0.3, -0.25) is 19.1 Å². The van der Waals surface area contributed by atoms with E-state index in [4.69, 9.17) is 27.9 Å². The first-order valence-electron chi connectivity index (χ1n) is 17.4. The number of nitrogens with zero attached hydrogens (tertiary/aromatic N) is 2.